The van der Waals surface area contributed by atoms with E-state index in [1.807, 2.05) is 6.07 Å². The second-order valence-electron chi connectivity index (χ2n) is 4.41. The van der Waals surface area contributed by atoms with Gasteiger partial charge in [-0.2, -0.15) is 0 Å². The number of carbonyl (C=O) groups excluding carboxylic acids is 2. The molecule has 1 aromatic carbocycles. The lowest BCUT2D eigenvalue weighted by atomic mass is 10.2. The highest BCUT2D eigenvalue weighted by atomic mass is 16.2. The minimum atomic E-state index is -0.564. The van der Waals surface area contributed by atoms with Crippen LogP contribution in [0.15, 0.2) is 30.3 Å². The number of primary amides is 2. The second kappa shape index (κ2) is 5.43. The van der Waals surface area contributed by atoms with Crippen molar-refractivity contribution in [2.75, 3.05) is 23.7 Å². The Morgan fingerprint density at radius 3 is 2.30 bits per heavy atom. The van der Waals surface area contributed by atoms with Crippen LogP contribution < -0.4 is 22.1 Å². The third kappa shape index (κ3) is 3.14. The van der Waals surface area contributed by atoms with Gasteiger partial charge in [0.1, 0.15) is 5.82 Å². The number of fused-ring (bicyclic) bond motifs is 1. The SMILES string of the molecule is NC(=O)CN(CC(N)=O)c1ccc2cc(N)ccc2n1. The monoisotopic (exact) mass is 273 g/mol. The maximum atomic E-state index is 11.1. The summed E-state index contributed by atoms with van der Waals surface area (Å²) in [6, 6.07) is 8.78. The zero-order valence-corrected chi connectivity index (χ0v) is 10.7. The van der Waals surface area contributed by atoms with E-state index in [1.165, 1.54) is 4.90 Å². The molecule has 2 aromatic rings. The summed E-state index contributed by atoms with van der Waals surface area (Å²) in [4.78, 5) is 27.9. The van der Waals surface area contributed by atoms with Crippen LogP contribution in [0, 0.1) is 0 Å². The Labute approximate surface area is 115 Å². The molecule has 0 aliphatic carbocycles. The standard InChI is InChI=1S/C13H15N5O2/c14-9-2-3-10-8(5-9)1-4-13(17-10)18(6-11(15)19)7-12(16)20/h1-5H,6-7,14H2,(H2,15,19)(H2,16,20). The van der Waals surface area contributed by atoms with Crippen molar-refractivity contribution in [3.63, 3.8) is 0 Å². The number of anilines is 2. The zero-order chi connectivity index (χ0) is 14.7. The highest BCUT2D eigenvalue weighted by molar-refractivity contribution is 5.87. The lowest BCUT2D eigenvalue weighted by Gasteiger charge is -2.20. The van der Waals surface area contributed by atoms with Crippen LogP contribution in [-0.2, 0) is 9.59 Å². The maximum absolute atomic E-state index is 11.1. The number of nitrogen functional groups attached to an aromatic ring is 1. The van der Waals surface area contributed by atoms with Crippen LogP contribution in [0.2, 0.25) is 0 Å². The number of hydrogen-bond donors (Lipinski definition) is 3. The fourth-order valence-electron chi connectivity index (χ4n) is 1.90. The summed E-state index contributed by atoms with van der Waals surface area (Å²) in [5, 5.41) is 0.867. The molecule has 2 rings (SSSR count). The van der Waals surface area contributed by atoms with E-state index in [2.05, 4.69) is 4.98 Å². The van der Waals surface area contributed by atoms with Gasteiger partial charge in [0.05, 0.1) is 18.6 Å². The Bertz CT molecular complexity index is 655. The first-order chi connectivity index (χ1) is 9.45. The summed E-state index contributed by atoms with van der Waals surface area (Å²) in [6.07, 6.45) is 0. The van der Waals surface area contributed by atoms with E-state index >= 15 is 0 Å². The average Bonchev–Trinajstić information content (AvgIpc) is 2.36. The minimum absolute atomic E-state index is 0.129. The number of nitrogens with zero attached hydrogens (tertiary/aromatic N) is 2. The van der Waals surface area contributed by atoms with Crippen molar-refractivity contribution in [2.24, 2.45) is 11.5 Å². The van der Waals surface area contributed by atoms with E-state index in [9.17, 15) is 9.59 Å². The molecule has 0 aliphatic rings. The molecular formula is C13H15N5O2. The topological polar surface area (TPSA) is 128 Å². The molecule has 0 bridgehead atoms. The van der Waals surface area contributed by atoms with Gasteiger partial charge in [-0.1, -0.05) is 0 Å². The molecule has 20 heavy (non-hydrogen) atoms. The summed E-state index contributed by atoms with van der Waals surface area (Å²) in [5.74, 6) is -0.671. The number of benzene rings is 1. The van der Waals surface area contributed by atoms with Crippen LogP contribution in [-0.4, -0.2) is 29.9 Å². The molecule has 6 N–H and O–H groups in total. The Morgan fingerprint density at radius 1 is 1.05 bits per heavy atom. The molecule has 1 heterocycles. The largest absolute Gasteiger partial charge is 0.399 e. The van der Waals surface area contributed by atoms with Crippen molar-refractivity contribution < 1.29 is 9.59 Å². The molecule has 0 saturated heterocycles. The molecule has 104 valence electrons. The lowest BCUT2D eigenvalue weighted by molar-refractivity contribution is -0.117. The predicted molar refractivity (Wildman–Crippen MR) is 76.8 cm³/mol. The maximum Gasteiger partial charge on any atom is 0.237 e. The van der Waals surface area contributed by atoms with E-state index in [1.54, 1.807) is 24.3 Å². The van der Waals surface area contributed by atoms with Gasteiger partial charge in [0, 0.05) is 11.1 Å². The van der Waals surface area contributed by atoms with Crippen molar-refractivity contribution in [1.82, 2.24) is 4.98 Å². The highest BCUT2D eigenvalue weighted by Crippen LogP contribution is 2.20. The van der Waals surface area contributed by atoms with Crippen LogP contribution in [0.25, 0.3) is 10.9 Å². The fourth-order valence-corrected chi connectivity index (χ4v) is 1.90. The van der Waals surface area contributed by atoms with E-state index in [-0.39, 0.29) is 13.1 Å². The molecule has 0 spiro atoms. The van der Waals surface area contributed by atoms with Gasteiger partial charge in [-0.05, 0) is 30.3 Å². The number of carbonyl (C=O) groups is 2. The molecule has 0 saturated carbocycles. The molecule has 2 amide bonds. The third-order valence-corrected chi connectivity index (χ3v) is 2.72. The molecule has 7 heteroatoms. The van der Waals surface area contributed by atoms with Crippen LogP contribution in [0.3, 0.4) is 0 Å². The van der Waals surface area contributed by atoms with Gasteiger partial charge in [-0.15, -0.1) is 0 Å². The molecule has 0 radical (unpaired) electrons. The molecule has 0 aliphatic heterocycles. The molecule has 0 fully saturated rings. The second-order valence-corrected chi connectivity index (χ2v) is 4.41. The molecule has 1 aromatic heterocycles. The summed E-state index contributed by atoms with van der Waals surface area (Å²) in [7, 11) is 0. The first kappa shape index (κ1) is 13.6. The number of rotatable bonds is 5. The van der Waals surface area contributed by atoms with Crippen LogP contribution in [0.5, 0.6) is 0 Å². The van der Waals surface area contributed by atoms with Gasteiger partial charge < -0.3 is 22.1 Å². The van der Waals surface area contributed by atoms with E-state index in [0.717, 1.165) is 5.39 Å². The van der Waals surface area contributed by atoms with Gasteiger partial charge in [0.15, 0.2) is 0 Å². The Morgan fingerprint density at radius 2 is 1.70 bits per heavy atom. The van der Waals surface area contributed by atoms with Crippen molar-refractivity contribution in [3.05, 3.63) is 30.3 Å². The third-order valence-electron chi connectivity index (χ3n) is 2.72. The van der Waals surface area contributed by atoms with Crippen molar-refractivity contribution in [3.8, 4) is 0 Å². The number of amides is 2. The van der Waals surface area contributed by atoms with Crippen molar-refractivity contribution in [2.45, 2.75) is 0 Å². The summed E-state index contributed by atoms with van der Waals surface area (Å²) in [6.45, 7) is -0.257. The number of nitrogens with two attached hydrogens (primary N) is 3. The quantitative estimate of drug-likeness (QED) is 0.638. The zero-order valence-electron chi connectivity index (χ0n) is 10.7. The molecule has 0 atom stereocenters. The molecule has 7 nitrogen and oxygen atoms in total. The van der Waals surface area contributed by atoms with Crippen LogP contribution in [0.4, 0.5) is 11.5 Å². The number of hydrogen-bond acceptors (Lipinski definition) is 5. The Balaban J connectivity index is 2.39. The number of aromatic nitrogens is 1. The molecular weight excluding hydrogens is 258 g/mol. The van der Waals surface area contributed by atoms with E-state index < -0.39 is 11.8 Å². The van der Waals surface area contributed by atoms with Gasteiger partial charge in [0.2, 0.25) is 11.8 Å². The first-order valence-corrected chi connectivity index (χ1v) is 5.93. The Kier molecular flexibility index (Phi) is 3.69. The van der Waals surface area contributed by atoms with Gasteiger partial charge in [-0.25, -0.2) is 4.98 Å². The van der Waals surface area contributed by atoms with Gasteiger partial charge in [0.25, 0.3) is 0 Å². The normalized spacial score (nSPS) is 10.4. The smallest absolute Gasteiger partial charge is 0.237 e. The number of pyridine rings is 1. The minimum Gasteiger partial charge on any atom is -0.399 e. The van der Waals surface area contributed by atoms with Crippen molar-refractivity contribution >= 4 is 34.2 Å². The first-order valence-electron chi connectivity index (χ1n) is 5.93. The summed E-state index contributed by atoms with van der Waals surface area (Å²) < 4.78 is 0. The average molecular weight is 273 g/mol. The van der Waals surface area contributed by atoms with E-state index in [0.29, 0.717) is 17.0 Å². The Hall–Kier alpha value is -2.83. The fraction of sp³-hybridized carbons (Fsp3) is 0.154. The van der Waals surface area contributed by atoms with Crippen LogP contribution >= 0.6 is 0 Å². The van der Waals surface area contributed by atoms with Crippen molar-refractivity contribution in [1.29, 1.82) is 0 Å². The lowest BCUT2D eigenvalue weighted by Crippen LogP contribution is -2.40. The summed E-state index contributed by atoms with van der Waals surface area (Å²) in [5.41, 5.74) is 17.4. The van der Waals surface area contributed by atoms with Gasteiger partial charge in [-0.3, -0.25) is 9.59 Å². The molecule has 0 unspecified atom stereocenters. The van der Waals surface area contributed by atoms with Crippen LogP contribution in [0.1, 0.15) is 0 Å². The predicted octanol–water partition coefficient (Wildman–Crippen LogP) is -0.406. The summed E-state index contributed by atoms with van der Waals surface area (Å²) >= 11 is 0. The van der Waals surface area contributed by atoms with Gasteiger partial charge >= 0.3 is 0 Å². The van der Waals surface area contributed by atoms with E-state index in [4.69, 9.17) is 17.2 Å². The highest BCUT2D eigenvalue weighted by Gasteiger charge is 2.13.